The van der Waals surface area contributed by atoms with Gasteiger partial charge in [-0.05, 0) is 39.5 Å². The highest BCUT2D eigenvalue weighted by Gasteiger charge is 2.38. The van der Waals surface area contributed by atoms with Crippen molar-refractivity contribution in [3.8, 4) is 0 Å². The zero-order valence-electron chi connectivity index (χ0n) is 17.5. The van der Waals surface area contributed by atoms with E-state index in [1.165, 1.54) is 38.5 Å². The SMILES string of the molecule is CC(C)N1CC(C(=O)OCC(=O)N(C2CCCCC2)C2CCCCC2)CC1=O. The van der Waals surface area contributed by atoms with Crippen LogP contribution in [0.25, 0.3) is 0 Å². The molecular formula is C22H36N2O4. The fraction of sp³-hybridized carbons (Fsp3) is 0.864. The van der Waals surface area contributed by atoms with Crippen LogP contribution in [0.1, 0.15) is 84.5 Å². The number of amides is 2. The van der Waals surface area contributed by atoms with E-state index in [0.717, 1.165) is 25.7 Å². The van der Waals surface area contributed by atoms with Gasteiger partial charge in [0, 0.05) is 31.1 Å². The Kier molecular flexibility index (Phi) is 7.36. The summed E-state index contributed by atoms with van der Waals surface area (Å²) >= 11 is 0. The highest BCUT2D eigenvalue weighted by Crippen LogP contribution is 2.30. The first-order valence-electron chi connectivity index (χ1n) is 11.2. The molecule has 0 radical (unpaired) electrons. The Morgan fingerprint density at radius 3 is 2.00 bits per heavy atom. The molecule has 0 aromatic heterocycles. The third-order valence-corrected chi connectivity index (χ3v) is 6.68. The van der Waals surface area contributed by atoms with Crippen LogP contribution in [-0.4, -0.2) is 58.9 Å². The Morgan fingerprint density at radius 2 is 1.54 bits per heavy atom. The highest BCUT2D eigenvalue weighted by atomic mass is 16.5. The number of hydrogen-bond donors (Lipinski definition) is 0. The van der Waals surface area contributed by atoms with Crippen molar-refractivity contribution >= 4 is 17.8 Å². The van der Waals surface area contributed by atoms with Crippen LogP contribution in [0.3, 0.4) is 0 Å². The van der Waals surface area contributed by atoms with Crippen LogP contribution in [-0.2, 0) is 19.1 Å². The molecule has 0 aromatic rings. The summed E-state index contributed by atoms with van der Waals surface area (Å²) in [6.07, 6.45) is 11.7. The van der Waals surface area contributed by atoms with Gasteiger partial charge in [0.25, 0.3) is 5.91 Å². The number of likely N-dealkylation sites (tertiary alicyclic amines) is 1. The van der Waals surface area contributed by atoms with Gasteiger partial charge in [-0.25, -0.2) is 0 Å². The topological polar surface area (TPSA) is 66.9 Å². The third kappa shape index (κ3) is 5.06. The lowest BCUT2D eigenvalue weighted by Gasteiger charge is -2.41. The van der Waals surface area contributed by atoms with Gasteiger partial charge in [0.2, 0.25) is 5.91 Å². The smallest absolute Gasteiger partial charge is 0.311 e. The fourth-order valence-electron chi connectivity index (χ4n) is 5.14. The second kappa shape index (κ2) is 9.75. The summed E-state index contributed by atoms with van der Waals surface area (Å²) in [5, 5.41) is 0. The van der Waals surface area contributed by atoms with E-state index in [4.69, 9.17) is 4.74 Å². The van der Waals surface area contributed by atoms with Crippen molar-refractivity contribution in [1.82, 2.24) is 9.80 Å². The Morgan fingerprint density at radius 1 is 1.00 bits per heavy atom. The van der Waals surface area contributed by atoms with Gasteiger partial charge in [0.05, 0.1) is 5.92 Å². The Bertz CT molecular complexity index is 547. The lowest BCUT2D eigenvalue weighted by molar-refractivity contribution is -0.158. The number of rotatable bonds is 6. The van der Waals surface area contributed by atoms with E-state index in [1.54, 1.807) is 4.90 Å². The standard InChI is InChI=1S/C22H36N2O4/c1-16(2)23-14-17(13-20(23)25)22(27)28-15-21(26)24(18-9-5-3-6-10-18)19-11-7-4-8-12-19/h16-19H,3-15H2,1-2H3. The van der Waals surface area contributed by atoms with Gasteiger partial charge < -0.3 is 14.5 Å². The average molecular weight is 393 g/mol. The summed E-state index contributed by atoms with van der Waals surface area (Å²) in [4.78, 5) is 41.4. The maximum absolute atomic E-state index is 13.1. The molecule has 0 bridgehead atoms. The van der Waals surface area contributed by atoms with E-state index in [-0.39, 0.29) is 30.9 Å². The number of esters is 1. The normalized spacial score (nSPS) is 24.6. The molecule has 0 aromatic carbocycles. The Balaban J connectivity index is 1.57. The van der Waals surface area contributed by atoms with E-state index >= 15 is 0 Å². The number of hydrogen-bond acceptors (Lipinski definition) is 4. The molecule has 1 heterocycles. The van der Waals surface area contributed by atoms with Crippen LogP contribution in [0.2, 0.25) is 0 Å². The quantitative estimate of drug-likeness (QED) is 0.651. The van der Waals surface area contributed by atoms with Crippen LogP contribution in [0.4, 0.5) is 0 Å². The molecule has 1 aliphatic heterocycles. The predicted octanol–water partition coefficient (Wildman–Crippen LogP) is 3.28. The molecule has 2 amide bonds. The van der Waals surface area contributed by atoms with Gasteiger partial charge in [-0.3, -0.25) is 14.4 Å². The van der Waals surface area contributed by atoms with E-state index in [1.807, 2.05) is 13.8 Å². The van der Waals surface area contributed by atoms with Gasteiger partial charge in [-0.15, -0.1) is 0 Å². The summed E-state index contributed by atoms with van der Waals surface area (Å²) in [7, 11) is 0. The first-order chi connectivity index (χ1) is 13.5. The maximum atomic E-state index is 13.1. The van der Waals surface area contributed by atoms with Crippen molar-refractivity contribution in [1.29, 1.82) is 0 Å². The number of carbonyl (C=O) groups is 3. The summed E-state index contributed by atoms with van der Waals surface area (Å²) < 4.78 is 5.42. The molecule has 158 valence electrons. The predicted molar refractivity (Wildman–Crippen MR) is 107 cm³/mol. The zero-order chi connectivity index (χ0) is 20.1. The monoisotopic (exact) mass is 392 g/mol. The van der Waals surface area contributed by atoms with Gasteiger partial charge in [-0.2, -0.15) is 0 Å². The Labute approximate surface area is 169 Å². The first kappa shape index (κ1) is 21.1. The second-order valence-corrected chi connectivity index (χ2v) is 9.03. The molecule has 2 saturated carbocycles. The summed E-state index contributed by atoms with van der Waals surface area (Å²) in [5.74, 6) is -0.899. The molecule has 3 aliphatic rings. The number of nitrogens with zero attached hydrogens (tertiary/aromatic N) is 2. The maximum Gasteiger partial charge on any atom is 0.311 e. The molecular weight excluding hydrogens is 356 g/mol. The van der Waals surface area contributed by atoms with Crippen LogP contribution >= 0.6 is 0 Å². The van der Waals surface area contributed by atoms with E-state index in [9.17, 15) is 14.4 Å². The second-order valence-electron chi connectivity index (χ2n) is 9.03. The summed E-state index contributed by atoms with van der Waals surface area (Å²) in [6.45, 7) is 4.11. The minimum atomic E-state index is -0.444. The molecule has 28 heavy (non-hydrogen) atoms. The number of ether oxygens (including phenoxy) is 1. The molecule has 1 saturated heterocycles. The molecule has 3 fully saturated rings. The van der Waals surface area contributed by atoms with E-state index in [0.29, 0.717) is 18.6 Å². The third-order valence-electron chi connectivity index (χ3n) is 6.68. The fourth-order valence-corrected chi connectivity index (χ4v) is 5.14. The van der Waals surface area contributed by atoms with Crippen LogP contribution in [0.15, 0.2) is 0 Å². The van der Waals surface area contributed by atoms with Gasteiger partial charge in [-0.1, -0.05) is 38.5 Å². The van der Waals surface area contributed by atoms with Gasteiger partial charge >= 0.3 is 5.97 Å². The first-order valence-corrected chi connectivity index (χ1v) is 11.2. The Hall–Kier alpha value is -1.59. The molecule has 3 rings (SSSR count). The van der Waals surface area contributed by atoms with Crippen molar-refractivity contribution in [2.75, 3.05) is 13.2 Å². The van der Waals surface area contributed by atoms with E-state index in [2.05, 4.69) is 4.90 Å². The van der Waals surface area contributed by atoms with Crippen molar-refractivity contribution in [2.45, 2.75) is 103 Å². The molecule has 1 atom stereocenters. The zero-order valence-corrected chi connectivity index (χ0v) is 17.5. The molecule has 6 heteroatoms. The lowest BCUT2D eigenvalue weighted by Crippen LogP contribution is -2.50. The summed E-state index contributed by atoms with van der Waals surface area (Å²) in [6, 6.07) is 0.681. The van der Waals surface area contributed by atoms with E-state index < -0.39 is 11.9 Å². The summed E-state index contributed by atoms with van der Waals surface area (Å²) in [5.41, 5.74) is 0. The van der Waals surface area contributed by atoms with Crippen LogP contribution < -0.4 is 0 Å². The van der Waals surface area contributed by atoms with Gasteiger partial charge in [0.15, 0.2) is 6.61 Å². The molecule has 1 unspecified atom stereocenters. The van der Waals surface area contributed by atoms with Crippen molar-refractivity contribution in [3.63, 3.8) is 0 Å². The van der Waals surface area contributed by atoms with Crippen molar-refractivity contribution < 1.29 is 19.1 Å². The minimum Gasteiger partial charge on any atom is -0.455 e. The molecule has 6 nitrogen and oxygen atoms in total. The highest BCUT2D eigenvalue weighted by molar-refractivity contribution is 5.88. The van der Waals surface area contributed by atoms with Crippen LogP contribution in [0.5, 0.6) is 0 Å². The molecule has 0 N–H and O–H groups in total. The van der Waals surface area contributed by atoms with Crippen LogP contribution in [0, 0.1) is 5.92 Å². The molecule has 0 spiro atoms. The van der Waals surface area contributed by atoms with Gasteiger partial charge in [0.1, 0.15) is 0 Å². The number of carbonyl (C=O) groups excluding carboxylic acids is 3. The molecule has 2 aliphatic carbocycles. The lowest BCUT2D eigenvalue weighted by atomic mass is 9.88. The van der Waals surface area contributed by atoms with Crippen molar-refractivity contribution in [3.05, 3.63) is 0 Å². The minimum absolute atomic E-state index is 0.00526. The van der Waals surface area contributed by atoms with Crippen molar-refractivity contribution in [2.24, 2.45) is 5.92 Å². The average Bonchev–Trinajstić information content (AvgIpc) is 3.10. The largest absolute Gasteiger partial charge is 0.455 e.